The number of alkyl halides is 2. The van der Waals surface area contributed by atoms with Crippen LogP contribution in [0.1, 0.15) is 30.3 Å². The summed E-state index contributed by atoms with van der Waals surface area (Å²) in [4.78, 5) is 15.4. The predicted octanol–water partition coefficient (Wildman–Crippen LogP) is 1.48. The van der Waals surface area contributed by atoms with Crippen molar-refractivity contribution in [3.63, 3.8) is 0 Å². The van der Waals surface area contributed by atoms with Crippen LogP contribution in [0.25, 0.3) is 11.2 Å². The van der Waals surface area contributed by atoms with Crippen molar-refractivity contribution in [3.8, 4) is 0 Å². The number of primary amides is 1. The minimum Gasteiger partial charge on any atom is -0.366 e. The molecule has 0 saturated heterocycles. The van der Waals surface area contributed by atoms with Crippen molar-refractivity contribution >= 4 is 17.1 Å². The SMILES string of the molecule is CC1=C(C(N)=O)c2c(C(F)F)nc3ccnn3c2C1. The highest BCUT2D eigenvalue weighted by molar-refractivity contribution is 6.21. The van der Waals surface area contributed by atoms with Crippen LogP contribution in [0.2, 0.25) is 0 Å². The second kappa shape index (κ2) is 3.84. The van der Waals surface area contributed by atoms with Crippen molar-refractivity contribution in [2.24, 2.45) is 5.73 Å². The zero-order chi connectivity index (χ0) is 13.7. The smallest absolute Gasteiger partial charge is 0.281 e. The minimum absolute atomic E-state index is 0.134. The van der Waals surface area contributed by atoms with E-state index < -0.39 is 18.0 Å². The molecule has 2 N–H and O–H groups in total. The standard InChI is InChI=1S/C12H10F2N4O/c1-5-4-6-9(8(5)12(15)19)10(11(13)14)17-7-2-3-16-18(6)7/h2-3,11H,4H2,1H3,(H2,15,19). The second-order valence-electron chi connectivity index (χ2n) is 4.42. The second-order valence-corrected chi connectivity index (χ2v) is 4.42. The van der Waals surface area contributed by atoms with Gasteiger partial charge in [0.25, 0.3) is 6.43 Å². The highest BCUT2D eigenvalue weighted by Gasteiger charge is 2.32. The third kappa shape index (κ3) is 1.54. The van der Waals surface area contributed by atoms with E-state index in [2.05, 4.69) is 10.1 Å². The summed E-state index contributed by atoms with van der Waals surface area (Å²) >= 11 is 0. The summed E-state index contributed by atoms with van der Waals surface area (Å²) in [6.45, 7) is 1.70. The topological polar surface area (TPSA) is 73.3 Å². The van der Waals surface area contributed by atoms with Crippen LogP contribution in [-0.4, -0.2) is 20.5 Å². The molecule has 19 heavy (non-hydrogen) atoms. The molecule has 2 aromatic rings. The Morgan fingerprint density at radius 2 is 2.26 bits per heavy atom. The van der Waals surface area contributed by atoms with E-state index in [9.17, 15) is 13.6 Å². The fourth-order valence-electron chi connectivity index (χ4n) is 2.50. The van der Waals surface area contributed by atoms with Crippen LogP contribution in [0.3, 0.4) is 0 Å². The molecule has 3 rings (SSSR count). The molecule has 0 aliphatic heterocycles. The Hall–Kier alpha value is -2.31. The Morgan fingerprint density at radius 3 is 2.89 bits per heavy atom. The first-order valence-corrected chi connectivity index (χ1v) is 5.65. The third-order valence-corrected chi connectivity index (χ3v) is 3.22. The van der Waals surface area contributed by atoms with E-state index in [1.807, 2.05) is 0 Å². The molecule has 0 saturated carbocycles. The van der Waals surface area contributed by atoms with E-state index >= 15 is 0 Å². The van der Waals surface area contributed by atoms with Crippen molar-refractivity contribution < 1.29 is 13.6 Å². The Labute approximate surface area is 106 Å². The maximum Gasteiger partial charge on any atom is 0.281 e. The van der Waals surface area contributed by atoms with Crippen LogP contribution < -0.4 is 5.73 Å². The van der Waals surface area contributed by atoms with Gasteiger partial charge in [-0.1, -0.05) is 5.57 Å². The van der Waals surface area contributed by atoms with E-state index in [1.165, 1.54) is 10.7 Å². The number of rotatable bonds is 2. The lowest BCUT2D eigenvalue weighted by atomic mass is 10.1. The van der Waals surface area contributed by atoms with E-state index in [-0.39, 0.29) is 11.1 Å². The van der Waals surface area contributed by atoms with Gasteiger partial charge in [-0.25, -0.2) is 18.3 Å². The van der Waals surface area contributed by atoms with Crippen molar-refractivity contribution in [2.45, 2.75) is 19.8 Å². The number of allylic oxidation sites excluding steroid dienone is 1. The summed E-state index contributed by atoms with van der Waals surface area (Å²) in [5, 5.41) is 4.05. The van der Waals surface area contributed by atoms with E-state index in [4.69, 9.17) is 5.73 Å². The number of carbonyl (C=O) groups is 1. The largest absolute Gasteiger partial charge is 0.366 e. The molecule has 0 bridgehead atoms. The van der Waals surface area contributed by atoms with Gasteiger partial charge in [0, 0.05) is 23.6 Å². The van der Waals surface area contributed by atoms with Gasteiger partial charge in [0.1, 0.15) is 5.69 Å². The average Bonchev–Trinajstić information content (AvgIpc) is 2.89. The molecule has 0 fully saturated rings. The normalized spacial score (nSPS) is 14.5. The fourth-order valence-corrected chi connectivity index (χ4v) is 2.50. The molecule has 0 unspecified atom stereocenters. The van der Waals surface area contributed by atoms with Crippen LogP contribution in [0.5, 0.6) is 0 Å². The third-order valence-electron chi connectivity index (χ3n) is 3.22. The number of fused-ring (bicyclic) bond motifs is 3. The van der Waals surface area contributed by atoms with Crippen LogP contribution >= 0.6 is 0 Å². The Morgan fingerprint density at radius 1 is 1.53 bits per heavy atom. The van der Waals surface area contributed by atoms with Crippen molar-refractivity contribution in [1.82, 2.24) is 14.6 Å². The van der Waals surface area contributed by atoms with Gasteiger partial charge in [-0.2, -0.15) is 5.10 Å². The van der Waals surface area contributed by atoms with Gasteiger partial charge >= 0.3 is 0 Å². The van der Waals surface area contributed by atoms with Gasteiger partial charge in [0.05, 0.1) is 11.9 Å². The molecule has 2 aromatic heterocycles. The van der Waals surface area contributed by atoms with Gasteiger partial charge in [-0.15, -0.1) is 0 Å². The monoisotopic (exact) mass is 264 g/mol. The lowest BCUT2D eigenvalue weighted by Gasteiger charge is -2.10. The molecule has 0 atom stereocenters. The lowest BCUT2D eigenvalue weighted by Crippen LogP contribution is -2.16. The summed E-state index contributed by atoms with van der Waals surface area (Å²) < 4.78 is 27.8. The lowest BCUT2D eigenvalue weighted by molar-refractivity contribution is -0.112. The Balaban J connectivity index is 2.40. The van der Waals surface area contributed by atoms with E-state index in [0.29, 0.717) is 23.3 Å². The number of amides is 1. The quantitative estimate of drug-likeness (QED) is 0.892. The predicted molar refractivity (Wildman–Crippen MR) is 63.4 cm³/mol. The molecule has 2 heterocycles. The molecule has 0 aromatic carbocycles. The highest BCUT2D eigenvalue weighted by atomic mass is 19.3. The number of carbonyl (C=O) groups excluding carboxylic acids is 1. The van der Waals surface area contributed by atoms with Gasteiger partial charge in [-0.05, 0) is 6.92 Å². The highest BCUT2D eigenvalue weighted by Crippen LogP contribution is 2.37. The molecule has 1 aliphatic rings. The van der Waals surface area contributed by atoms with Crippen LogP contribution in [0.4, 0.5) is 8.78 Å². The zero-order valence-electron chi connectivity index (χ0n) is 10.0. The summed E-state index contributed by atoms with van der Waals surface area (Å²) in [5.41, 5.74) is 6.69. The number of halogens is 2. The van der Waals surface area contributed by atoms with Gasteiger partial charge in [-0.3, -0.25) is 4.79 Å². The molecule has 7 heteroatoms. The van der Waals surface area contributed by atoms with Crippen molar-refractivity contribution in [1.29, 1.82) is 0 Å². The maximum atomic E-state index is 13.2. The van der Waals surface area contributed by atoms with E-state index in [1.54, 1.807) is 13.0 Å². The van der Waals surface area contributed by atoms with Crippen molar-refractivity contribution in [2.75, 3.05) is 0 Å². The molecule has 1 amide bonds. The minimum atomic E-state index is -2.77. The average molecular weight is 264 g/mol. The molecular formula is C12H10F2N4O. The molecule has 5 nitrogen and oxygen atoms in total. The first-order valence-electron chi connectivity index (χ1n) is 5.65. The summed E-state index contributed by atoms with van der Waals surface area (Å²) in [7, 11) is 0. The summed E-state index contributed by atoms with van der Waals surface area (Å²) in [6.07, 6.45) is -0.919. The number of aromatic nitrogens is 3. The number of hydrogen-bond donors (Lipinski definition) is 1. The number of nitrogens with two attached hydrogens (primary N) is 1. The van der Waals surface area contributed by atoms with E-state index in [0.717, 1.165) is 0 Å². The summed E-state index contributed by atoms with van der Waals surface area (Å²) in [5.74, 6) is -0.716. The molecule has 0 spiro atoms. The van der Waals surface area contributed by atoms with Crippen molar-refractivity contribution in [3.05, 3.63) is 34.8 Å². The summed E-state index contributed by atoms with van der Waals surface area (Å²) in [6, 6.07) is 1.55. The van der Waals surface area contributed by atoms with Crippen LogP contribution in [-0.2, 0) is 11.2 Å². The molecule has 98 valence electrons. The van der Waals surface area contributed by atoms with Gasteiger partial charge in [0.2, 0.25) is 5.91 Å². The molecule has 1 aliphatic carbocycles. The Bertz CT molecular complexity index is 733. The first-order chi connectivity index (χ1) is 9.00. The maximum absolute atomic E-state index is 13.2. The van der Waals surface area contributed by atoms with Crippen LogP contribution in [0, 0.1) is 0 Å². The molecule has 0 radical (unpaired) electrons. The van der Waals surface area contributed by atoms with Gasteiger partial charge < -0.3 is 5.73 Å². The zero-order valence-corrected chi connectivity index (χ0v) is 10.0. The van der Waals surface area contributed by atoms with Crippen LogP contribution in [0.15, 0.2) is 17.8 Å². The fraction of sp³-hybridized carbons (Fsp3) is 0.250. The molecular weight excluding hydrogens is 254 g/mol. The Kier molecular flexibility index (Phi) is 2.38. The van der Waals surface area contributed by atoms with Gasteiger partial charge in [0.15, 0.2) is 5.65 Å². The number of nitrogens with zero attached hydrogens (tertiary/aromatic N) is 3. The number of hydrogen-bond acceptors (Lipinski definition) is 3. The first kappa shape index (κ1) is 11.8.